The van der Waals surface area contributed by atoms with Gasteiger partial charge < -0.3 is 9.47 Å². The Labute approximate surface area is 614 Å². The molecule has 2 aromatic heterocycles. The molecule has 15 aromatic carbocycles. The molecule has 1 atom stereocenters. The maximum absolute atomic E-state index is 7.02. The molecule has 2 spiro atoms. The van der Waals surface area contributed by atoms with E-state index in [9.17, 15) is 0 Å². The highest BCUT2D eigenvalue weighted by molar-refractivity contribution is 5.93. The van der Waals surface area contributed by atoms with Crippen molar-refractivity contribution in [3.63, 3.8) is 0 Å². The molecule has 6 heteroatoms. The number of hydrogen-bond acceptors (Lipinski definition) is 6. The van der Waals surface area contributed by atoms with E-state index in [2.05, 4.69) is 358 Å². The van der Waals surface area contributed by atoms with Crippen molar-refractivity contribution in [1.29, 1.82) is 0 Å². The first-order valence-corrected chi connectivity index (χ1v) is 36.1. The highest BCUT2D eigenvalue weighted by Crippen LogP contribution is 2.65. The van der Waals surface area contributed by atoms with Crippen molar-refractivity contribution in [2.24, 2.45) is 0 Å². The van der Waals surface area contributed by atoms with Crippen molar-refractivity contribution in [3.8, 4) is 158 Å². The number of benzene rings is 15. The predicted molar refractivity (Wildman–Crippen MR) is 427 cm³/mol. The molecule has 2 aliphatic heterocycles. The van der Waals surface area contributed by atoms with E-state index in [-0.39, 0.29) is 0 Å². The Morgan fingerprint density at radius 2 is 0.425 bits per heavy atom. The van der Waals surface area contributed by atoms with Gasteiger partial charge in [-0.25, -0.2) is 19.9 Å². The van der Waals surface area contributed by atoms with Gasteiger partial charge in [0.05, 0.1) is 33.6 Å². The van der Waals surface area contributed by atoms with Crippen LogP contribution in [0.3, 0.4) is 0 Å². The summed E-state index contributed by atoms with van der Waals surface area (Å²) in [5.74, 6) is 4.67. The topological polar surface area (TPSA) is 70.0 Å². The lowest BCUT2D eigenvalue weighted by Crippen LogP contribution is -2.32. The fourth-order valence-electron chi connectivity index (χ4n) is 17.2. The van der Waals surface area contributed by atoms with Crippen LogP contribution in [0.2, 0.25) is 0 Å². The van der Waals surface area contributed by atoms with Gasteiger partial charge in [-0.2, -0.15) is 0 Å². The molecule has 1 unspecified atom stereocenters. The molecule has 21 rings (SSSR count). The standard InChI is InChI=1S/C100H62N4O2/c1-4-22-63(23-5-1)64-42-46-68(47-43-64)91-61-89(66-24-6-2-7-25-66)101-97(103-91)76-31-21-29-71(57-76)74-52-55-96-88(60-74)100(85-39-17-19-41-94(85)106-96)83-37-15-12-34-79(83)80-53-50-72(58-86(80)100)65-44-48-69(49-45-65)92-62-90(67-26-8-3-9-27-67)102-98(104-92)75-30-20-28-70(56-75)73-51-54-95-87(59-73)99(84-38-16-18-40-93(84)105-95)81-35-13-10-32-77(81)78-33-11-14-36-82(78)99/h1-62H. The average Bonchev–Trinajstić information content (AvgIpc) is 1.34. The molecule has 0 radical (unpaired) electrons. The third-order valence-electron chi connectivity index (χ3n) is 22.1. The number of rotatable bonds is 10. The van der Waals surface area contributed by atoms with Crippen LogP contribution < -0.4 is 9.47 Å². The fourth-order valence-corrected chi connectivity index (χ4v) is 17.2. The molecule has 494 valence electrons. The molecule has 0 amide bonds. The summed E-state index contributed by atoms with van der Waals surface area (Å²) in [6, 6.07) is 135. The second-order valence-corrected chi connectivity index (χ2v) is 27.9. The van der Waals surface area contributed by atoms with Crippen molar-refractivity contribution >= 4 is 0 Å². The minimum Gasteiger partial charge on any atom is -0.457 e. The van der Waals surface area contributed by atoms with Crippen molar-refractivity contribution in [3.05, 3.63) is 421 Å². The van der Waals surface area contributed by atoms with Crippen molar-refractivity contribution < 1.29 is 9.47 Å². The molecule has 0 saturated heterocycles. The molecule has 4 heterocycles. The van der Waals surface area contributed by atoms with Crippen LogP contribution in [-0.2, 0) is 10.8 Å². The van der Waals surface area contributed by atoms with Gasteiger partial charge in [-0.15, -0.1) is 0 Å². The lowest BCUT2D eigenvalue weighted by Gasteiger charge is -2.39. The first-order chi connectivity index (χ1) is 52.5. The van der Waals surface area contributed by atoms with Crippen LogP contribution in [0.5, 0.6) is 23.0 Å². The smallest absolute Gasteiger partial charge is 0.160 e. The Morgan fingerprint density at radius 1 is 0.160 bits per heavy atom. The third kappa shape index (κ3) is 9.65. The largest absolute Gasteiger partial charge is 0.457 e. The summed E-state index contributed by atoms with van der Waals surface area (Å²) >= 11 is 0. The molecule has 0 saturated carbocycles. The molecule has 0 fully saturated rings. The SMILES string of the molecule is c1ccc(-c2ccc(-c3cc(-c4ccccc4)nc(-c4cccc(-c5ccc6c(c5)C5(c7ccccc7O6)c6ccccc6-c6ccc(-c7ccc(-c8cc(-c9ccccc9)nc(-c9cccc(-c%10ccc%11c(c%10)C%10(c%12ccccc%12O%11)c%11ccccc%11-c%11ccccc%11%10)c9)n8)cc7)cc65)c4)n3)cc2)cc1. The van der Waals surface area contributed by atoms with Gasteiger partial charge >= 0.3 is 0 Å². The van der Waals surface area contributed by atoms with Crippen LogP contribution in [0.4, 0.5) is 0 Å². The maximum atomic E-state index is 7.02. The van der Waals surface area contributed by atoms with Crippen LogP contribution in [0.1, 0.15) is 44.5 Å². The van der Waals surface area contributed by atoms with Gasteiger partial charge in [0, 0.05) is 55.6 Å². The zero-order chi connectivity index (χ0) is 69.9. The normalized spacial score (nSPS) is 14.1. The first kappa shape index (κ1) is 60.8. The number of aromatic nitrogens is 4. The van der Waals surface area contributed by atoms with Crippen LogP contribution in [0, 0.1) is 0 Å². The molecular formula is C100H62N4O2. The fraction of sp³-hybridized carbons (Fsp3) is 0.0200. The minimum atomic E-state index is -0.739. The Bertz CT molecular complexity index is 6350. The molecule has 6 nitrogen and oxygen atoms in total. The minimum absolute atomic E-state index is 0.582. The Kier molecular flexibility index (Phi) is 14.0. The van der Waals surface area contributed by atoms with E-state index in [1.54, 1.807) is 0 Å². The summed E-state index contributed by atoms with van der Waals surface area (Å²) in [5, 5.41) is 0. The highest BCUT2D eigenvalue weighted by Gasteiger charge is 2.53. The van der Waals surface area contributed by atoms with E-state index >= 15 is 0 Å². The summed E-state index contributed by atoms with van der Waals surface area (Å²) < 4.78 is 13.8. The van der Waals surface area contributed by atoms with E-state index in [0.717, 1.165) is 140 Å². The lowest BCUT2D eigenvalue weighted by atomic mass is 9.65. The maximum Gasteiger partial charge on any atom is 0.160 e. The Hall–Kier alpha value is -13.9. The molecule has 0 N–H and O–H groups in total. The van der Waals surface area contributed by atoms with Gasteiger partial charge in [0.15, 0.2) is 11.6 Å². The number of hydrogen-bond donors (Lipinski definition) is 0. The Balaban J connectivity index is 0.642. The predicted octanol–water partition coefficient (Wildman–Crippen LogP) is 24.9. The summed E-state index contributed by atoms with van der Waals surface area (Å²) in [7, 11) is 0. The van der Waals surface area contributed by atoms with Gasteiger partial charge in [-0.05, 0) is 156 Å². The van der Waals surface area contributed by atoms with E-state index < -0.39 is 10.8 Å². The third-order valence-corrected chi connectivity index (χ3v) is 22.1. The van der Waals surface area contributed by atoms with E-state index in [4.69, 9.17) is 29.4 Å². The Morgan fingerprint density at radius 3 is 0.868 bits per heavy atom. The number of para-hydroxylation sites is 2. The number of ether oxygens (including phenoxy) is 2. The van der Waals surface area contributed by atoms with Crippen molar-refractivity contribution in [2.75, 3.05) is 0 Å². The summed E-state index contributed by atoms with van der Waals surface area (Å²) in [6.07, 6.45) is 0. The van der Waals surface area contributed by atoms with E-state index in [1.807, 2.05) is 18.2 Å². The summed E-state index contributed by atoms with van der Waals surface area (Å²) in [4.78, 5) is 21.4. The highest BCUT2D eigenvalue weighted by atomic mass is 16.5. The van der Waals surface area contributed by atoms with Gasteiger partial charge in [0.1, 0.15) is 23.0 Å². The number of nitrogens with zero attached hydrogens (tertiary/aromatic N) is 4. The van der Waals surface area contributed by atoms with Gasteiger partial charge in [-0.1, -0.05) is 309 Å². The molecule has 17 aromatic rings. The van der Waals surface area contributed by atoms with Gasteiger partial charge in [0.2, 0.25) is 0 Å². The monoisotopic (exact) mass is 1350 g/mol. The van der Waals surface area contributed by atoms with Crippen LogP contribution >= 0.6 is 0 Å². The van der Waals surface area contributed by atoms with E-state index in [1.165, 1.54) is 50.1 Å². The van der Waals surface area contributed by atoms with Crippen molar-refractivity contribution in [2.45, 2.75) is 10.8 Å². The van der Waals surface area contributed by atoms with Gasteiger partial charge in [0.25, 0.3) is 0 Å². The van der Waals surface area contributed by atoms with Crippen LogP contribution in [-0.4, -0.2) is 19.9 Å². The van der Waals surface area contributed by atoms with E-state index in [0.29, 0.717) is 11.6 Å². The van der Waals surface area contributed by atoms with Crippen LogP contribution in [0.25, 0.3) is 135 Å². The average molecular weight is 1350 g/mol. The lowest BCUT2D eigenvalue weighted by molar-refractivity contribution is 0.436. The zero-order valence-electron chi connectivity index (χ0n) is 57.4. The second kappa shape index (κ2) is 24.4. The molecule has 2 aliphatic carbocycles. The van der Waals surface area contributed by atoms with Crippen molar-refractivity contribution in [1.82, 2.24) is 19.9 Å². The quantitative estimate of drug-likeness (QED) is 0.136. The molecule has 0 bridgehead atoms. The second-order valence-electron chi connectivity index (χ2n) is 27.9. The van der Waals surface area contributed by atoms with Gasteiger partial charge in [-0.3, -0.25) is 0 Å². The first-order valence-electron chi connectivity index (χ1n) is 36.1. The summed E-state index contributed by atoms with van der Waals surface area (Å²) in [6.45, 7) is 0. The molecule has 4 aliphatic rings. The number of fused-ring (bicyclic) bond motifs is 18. The summed E-state index contributed by atoms with van der Waals surface area (Å²) in [5.41, 5.74) is 30.9. The molecular weight excluding hydrogens is 1290 g/mol. The van der Waals surface area contributed by atoms with Crippen LogP contribution in [0.15, 0.2) is 376 Å². The molecule has 106 heavy (non-hydrogen) atoms. The zero-order valence-corrected chi connectivity index (χ0v) is 57.4.